The third kappa shape index (κ3) is 3.71. The molecule has 3 heterocycles. The van der Waals surface area contributed by atoms with Crippen molar-refractivity contribution in [1.82, 2.24) is 25.3 Å². The van der Waals surface area contributed by atoms with E-state index >= 15 is 0 Å². The summed E-state index contributed by atoms with van der Waals surface area (Å²) in [5.41, 5.74) is 3.31. The Bertz CT molecular complexity index is 730. The molecule has 24 heavy (non-hydrogen) atoms. The van der Waals surface area contributed by atoms with Gasteiger partial charge in [0.2, 0.25) is 0 Å². The smallest absolute Gasteiger partial charge is 0.426 e. The summed E-state index contributed by atoms with van der Waals surface area (Å²) in [5.74, 6) is 0.0280. The van der Waals surface area contributed by atoms with Crippen molar-refractivity contribution in [3.63, 3.8) is 0 Å². The highest BCUT2D eigenvalue weighted by atomic mass is 32.1. The summed E-state index contributed by atoms with van der Waals surface area (Å²) >= 11 is 1.30. The summed E-state index contributed by atoms with van der Waals surface area (Å²) < 4.78 is 5.06. The van der Waals surface area contributed by atoms with Crippen molar-refractivity contribution in [3.05, 3.63) is 33.9 Å². The quantitative estimate of drug-likeness (QED) is 0.790. The molecule has 9 nitrogen and oxygen atoms in total. The lowest BCUT2D eigenvalue weighted by atomic mass is 10.2. The minimum absolute atomic E-state index is 0.0596. The van der Waals surface area contributed by atoms with Crippen LogP contribution in [0.15, 0.2) is 17.0 Å². The standard InChI is InChI=1S/C14H17N5O4S/c1-18-4-3-10-11(7-18)24-13(16-10)12(20)17-19(14(21)22)5-2-9-6-15-8-23-9/h6,8H,2-5,7H2,1H3,(H,17,20)(H,21,22). The second kappa shape index (κ2) is 6.97. The van der Waals surface area contributed by atoms with Gasteiger partial charge >= 0.3 is 6.09 Å². The summed E-state index contributed by atoms with van der Waals surface area (Å²) in [5, 5.41) is 10.3. The second-order valence-corrected chi connectivity index (χ2v) is 6.55. The number of amides is 2. The summed E-state index contributed by atoms with van der Waals surface area (Å²) in [6.07, 6.45) is 2.64. The third-order valence-corrected chi connectivity index (χ3v) is 4.73. The van der Waals surface area contributed by atoms with E-state index in [0.717, 1.165) is 35.1 Å². The van der Waals surface area contributed by atoms with Crippen molar-refractivity contribution in [2.75, 3.05) is 20.1 Å². The molecule has 1 aliphatic rings. The Morgan fingerprint density at radius 2 is 2.38 bits per heavy atom. The topological polar surface area (TPSA) is 112 Å². The summed E-state index contributed by atoms with van der Waals surface area (Å²) in [6.45, 7) is 1.72. The lowest BCUT2D eigenvalue weighted by molar-refractivity contribution is 0.0754. The van der Waals surface area contributed by atoms with E-state index in [1.807, 2.05) is 7.05 Å². The predicted molar refractivity (Wildman–Crippen MR) is 84.6 cm³/mol. The molecule has 0 radical (unpaired) electrons. The summed E-state index contributed by atoms with van der Waals surface area (Å²) in [4.78, 5) is 34.9. The van der Waals surface area contributed by atoms with Crippen LogP contribution in [0, 0.1) is 0 Å². The zero-order chi connectivity index (χ0) is 17.1. The molecule has 2 aromatic rings. The van der Waals surface area contributed by atoms with Crippen LogP contribution in [0.4, 0.5) is 4.79 Å². The van der Waals surface area contributed by atoms with E-state index in [1.54, 1.807) is 0 Å². The van der Waals surface area contributed by atoms with Crippen molar-refractivity contribution in [2.24, 2.45) is 0 Å². The number of carboxylic acid groups (broad SMARTS) is 1. The molecular weight excluding hydrogens is 334 g/mol. The molecule has 2 N–H and O–H groups in total. The van der Waals surface area contributed by atoms with Gasteiger partial charge in [0.15, 0.2) is 11.4 Å². The fourth-order valence-corrected chi connectivity index (χ4v) is 3.46. The molecule has 128 valence electrons. The molecule has 2 amide bonds. The molecule has 0 bridgehead atoms. The van der Waals surface area contributed by atoms with Crippen LogP contribution in [-0.2, 0) is 19.4 Å². The van der Waals surface area contributed by atoms with Crippen LogP contribution in [0.5, 0.6) is 0 Å². The first-order chi connectivity index (χ1) is 11.5. The van der Waals surface area contributed by atoms with Crippen LogP contribution in [0.1, 0.15) is 26.1 Å². The Kier molecular flexibility index (Phi) is 4.76. The molecule has 0 unspecified atom stereocenters. The highest BCUT2D eigenvalue weighted by Gasteiger charge is 2.23. The average Bonchev–Trinajstić information content (AvgIpc) is 3.19. The minimum atomic E-state index is -1.25. The maximum Gasteiger partial charge on any atom is 0.426 e. The Labute approximate surface area is 141 Å². The van der Waals surface area contributed by atoms with Crippen molar-refractivity contribution in [3.8, 4) is 0 Å². The predicted octanol–water partition coefficient (Wildman–Crippen LogP) is 0.987. The number of carbonyl (C=O) groups excluding carboxylic acids is 1. The molecule has 10 heteroatoms. The van der Waals surface area contributed by atoms with Gasteiger partial charge in [-0.3, -0.25) is 10.2 Å². The van der Waals surface area contributed by atoms with Crippen LogP contribution >= 0.6 is 11.3 Å². The molecule has 0 saturated carbocycles. The number of nitrogens with zero attached hydrogens (tertiary/aromatic N) is 4. The molecule has 0 spiro atoms. The normalized spacial score (nSPS) is 14.2. The van der Waals surface area contributed by atoms with Crippen LogP contribution in [0.25, 0.3) is 0 Å². The Hall–Kier alpha value is -2.46. The minimum Gasteiger partial charge on any atom is -0.464 e. The van der Waals surface area contributed by atoms with Crippen molar-refractivity contribution < 1.29 is 19.1 Å². The van der Waals surface area contributed by atoms with E-state index in [0.29, 0.717) is 12.2 Å². The first kappa shape index (κ1) is 16.4. The highest BCUT2D eigenvalue weighted by Crippen LogP contribution is 2.24. The van der Waals surface area contributed by atoms with E-state index in [1.165, 1.54) is 23.9 Å². The van der Waals surface area contributed by atoms with E-state index in [4.69, 9.17) is 4.42 Å². The average molecular weight is 351 g/mol. The Morgan fingerprint density at radius 1 is 1.54 bits per heavy atom. The van der Waals surface area contributed by atoms with E-state index in [9.17, 15) is 14.7 Å². The van der Waals surface area contributed by atoms with Crippen LogP contribution < -0.4 is 5.43 Å². The van der Waals surface area contributed by atoms with E-state index < -0.39 is 12.0 Å². The number of hydrogen-bond acceptors (Lipinski definition) is 7. The molecule has 0 fully saturated rings. The summed E-state index contributed by atoms with van der Waals surface area (Å²) in [7, 11) is 2.01. The van der Waals surface area contributed by atoms with Crippen molar-refractivity contribution in [2.45, 2.75) is 19.4 Å². The van der Waals surface area contributed by atoms with E-state index in [2.05, 4.69) is 20.3 Å². The Balaban J connectivity index is 1.64. The highest BCUT2D eigenvalue weighted by molar-refractivity contribution is 7.13. The Morgan fingerprint density at radius 3 is 3.08 bits per heavy atom. The van der Waals surface area contributed by atoms with Gasteiger partial charge in [0.25, 0.3) is 5.91 Å². The van der Waals surface area contributed by atoms with Gasteiger partial charge in [0.1, 0.15) is 5.76 Å². The number of aromatic nitrogens is 2. The number of oxazole rings is 1. The van der Waals surface area contributed by atoms with Gasteiger partial charge in [-0.2, -0.15) is 0 Å². The van der Waals surface area contributed by atoms with Crippen LogP contribution in [0.3, 0.4) is 0 Å². The number of hydrazine groups is 1. The summed E-state index contributed by atoms with van der Waals surface area (Å²) in [6, 6.07) is 0. The number of rotatable bonds is 4. The van der Waals surface area contributed by atoms with Crippen molar-refractivity contribution in [1.29, 1.82) is 0 Å². The fourth-order valence-electron chi connectivity index (χ4n) is 2.38. The largest absolute Gasteiger partial charge is 0.464 e. The lowest BCUT2D eigenvalue weighted by Crippen LogP contribution is -2.46. The number of thiazole rings is 1. The van der Waals surface area contributed by atoms with Crippen LogP contribution in [0.2, 0.25) is 0 Å². The maximum absolute atomic E-state index is 12.3. The SMILES string of the molecule is CN1CCc2nc(C(=O)NN(CCc3cnco3)C(=O)O)sc2C1. The molecular formula is C14H17N5O4S. The van der Waals surface area contributed by atoms with Gasteiger partial charge < -0.3 is 14.4 Å². The van der Waals surface area contributed by atoms with Gasteiger partial charge in [-0.05, 0) is 7.05 Å². The molecule has 1 aliphatic heterocycles. The van der Waals surface area contributed by atoms with Gasteiger partial charge in [0.05, 0.1) is 18.4 Å². The van der Waals surface area contributed by atoms with Gasteiger partial charge in [-0.25, -0.2) is 19.8 Å². The first-order valence-electron chi connectivity index (χ1n) is 7.39. The molecule has 2 aromatic heterocycles. The number of likely N-dealkylation sites (N-methyl/N-ethyl adjacent to an activating group) is 1. The molecule has 0 atom stereocenters. The first-order valence-corrected chi connectivity index (χ1v) is 8.20. The number of hydrogen-bond donors (Lipinski definition) is 2. The van der Waals surface area contributed by atoms with E-state index in [-0.39, 0.29) is 11.6 Å². The monoisotopic (exact) mass is 351 g/mol. The number of carbonyl (C=O) groups is 2. The number of nitrogens with one attached hydrogen (secondary N) is 1. The second-order valence-electron chi connectivity index (χ2n) is 5.47. The van der Waals surface area contributed by atoms with Crippen molar-refractivity contribution >= 4 is 23.3 Å². The molecule has 0 aromatic carbocycles. The van der Waals surface area contributed by atoms with Gasteiger partial charge in [0, 0.05) is 30.8 Å². The molecule has 0 aliphatic carbocycles. The molecule has 0 saturated heterocycles. The third-order valence-electron chi connectivity index (χ3n) is 3.65. The van der Waals surface area contributed by atoms with Gasteiger partial charge in [-0.1, -0.05) is 0 Å². The maximum atomic E-state index is 12.3. The number of fused-ring (bicyclic) bond motifs is 1. The zero-order valence-corrected chi connectivity index (χ0v) is 13.9. The van der Waals surface area contributed by atoms with Crippen LogP contribution in [-0.4, -0.2) is 57.1 Å². The fraction of sp³-hybridized carbons (Fsp3) is 0.429. The molecule has 3 rings (SSSR count). The zero-order valence-electron chi connectivity index (χ0n) is 13.1. The van der Waals surface area contributed by atoms with Gasteiger partial charge in [-0.15, -0.1) is 11.3 Å². The lowest BCUT2D eigenvalue weighted by Gasteiger charge is -2.20.